The van der Waals surface area contributed by atoms with Crippen LogP contribution in [0, 0.1) is 0 Å². The van der Waals surface area contributed by atoms with Gasteiger partial charge in [0.05, 0.1) is 11.9 Å². The third-order valence-electron chi connectivity index (χ3n) is 6.03. The Bertz CT molecular complexity index is 1170. The zero-order valence-electron chi connectivity index (χ0n) is 18.5. The summed E-state index contributed by atoms with van der Waals surface area (Å²) < 4.78 is 2.02. The van der Waals surface area contributed by atoms with E-state index in [1.807, 2.05) is 16.8 Å². The van der Waals surface area contributed by atoms with Crippen molar-refractivity contribution < 1.29 is 0 Å². The fourth-order valence-corrected chi connectivity index (χ4v) is 4.21. The summed E-state index contributed by atoms with van der Waals surface area (Å²) in [7, 11) is 0. The first-order valence-corrected chi connectivity index (χ1v) is 11.0. The molecule has 5 nitrogen and oxygen atoms in total. The largest absolute Gasteiger partial charge is 0.368 e. The lowest BCUT2D eigenvalue weighted by atomic mass is 9.91. The molecule has 0 unspecified atom stereocenters. The van der Waals surface area contributed by atoms with Crippen molar-refractivity contribution in [2.45, 2.75) is 26.2 Å². The molecule has 1 saturated heterocycles. The second-order valence-electron chi connectivity index (χ2n) is 9.22. The zero-order valence-corrected chi connectivity index (χ0v) is 18.5. The van der Waals surface area contributed by atoms with E-state index in [0.29, 0.717) is 0 Å². The normalized spacial score (nSPS) is 14.9. The van der Waals surface area contributed by atoms with Gasteiger partial charge in [-0.05, 0) is 17.7 Å². The van der Waals surface area contributed by atoms with Gasteiger partial charge < -0.3 is 9.80 Å². The van der Waals surface area contributed by atoms with Crippen LogP contribution in [0.4, 0.5) is 11.5 Å². The highest BCUT2D eigenvalue weighted by Gasteiger charge is 2.25. The number of nitrogens with zero attached hydrogens (tertiary/aromatic N) is 5. The van der Waals surface area contributed by atoms with Crippen LogP contribution in [0.15, 0.2) is 72.9 Å². The van der Waals surface area contributed by atoms with Crippen LogP contribution in [0.1, 0.15) is 26.5 Å². The number of anilines is 2. The average Bonchev–Trinajstić information content (AvgIpc) is 3.23. The van der Waals surface area contributed by atoms with Gasteiger partial charge in [0.25, 0.3) is 0 Å². The van der Waals surface area contributed by atoms with Crippen molar-refractivity contribution in [1.82, 2.24) is 14.6 Å². The molecule has 0 aliphatic carbocycles. The molecule has 0 amide bonds. The lowest BCUT2D eigenvalue weighted by Crippen LogP contribution is -2.47. The molecule has 0 atom stereocenters. The topological polar surface area (TPSA) is 36.7 Å². The Morgan fingerprint density at radius 3 is 2.03 bits per heavy atom. The Balaban J connectivity index is 1.53. The van der Waals surface area contributed by atoms with Crippen LogP contribution in [-0.2, 0) is 5.41 Å². The van der Waals surface area contributed by atoms with Gasteiger partial charge in [-0.15, -0.1) is 0 Å². The van der Waals surface area contributed by atoms with Gasteiger partial charge >= 0.3 is 0 Å². The molecule has 3 heterocycles. The van der Waals surface area contributed by atoms with Crippen molar-refractivity contribution in [1.29, 1.82) is 0 Å². The SMILES string of the molecule is CC(C)(C)c1cc(N2CCN(c3ccccc3)CC2)n2ncc(-c3ccccc3)c2n1. The Labute approximate surface area is 184 Å². The van der Waals surface area contributed by atoms with Crippen LogP contribution in [-0.4, -0.2) is 40.8 Å². The van der Waals surface area contributed by atoms with Gasteiger partial charge in [0.2, 0.25) is 0 Å². The van der Waals surface area contributed by atoms with Crippen LogP contribution >= 0.6 is 0 Å². The first kappa shape index (κ1) is 19.6. The number of piperazine rings is 1. The molecule has 1 aliphatic heterocycles. The smallest absolute Gasteiger partial charge is 0.165 e. The Morgan fingerprint density at radius 2 is 1.39 bits per heavy atom. The van der Waals surface area contributed by atoms with Gasteiger partial charge in [-0.25, -0.2) is 4.98 Å². The van der Waals surface area contributed by atoms with Crippen LogP contribution in [0.3, 0.4) is 0 Å². The first-order valence-electron chi connectivity index (χ1n) is 11.0. The van der Waals surface area contributed by atoms with Gasteiger partial charge in [-0.2, -0.15) is 9.61 Å². The molecule has 0 N–H and O–H groups in total. The van der Waals surface area contributed by atoms with Crippen molar-refractivity contribution in [2.75, 3.05) is 36.0 Å². The summed E-state index contributed by atoms with van der Waals surface area (Å²) in [6.07, 6.45) is 1.95. The maximum atomic E-state index is 5.06. The van der Waals surface area contributed by atoms with E-state index in [-0.39, 0.29) is 5.41 Å². The zero-order chi connectivity index (χ0) is 21.4. The lowest BCUT2D eigenvalue weighted by molar-refractivity contribution is 0.565. The van der Waals surface area contributed by atoms with Crippen molar-refractivity contribution in [2.24, 2.45) is 0 Å². The number of fused-ring (bicyclic) bond motifs is 1. The van der Waals surface area contributed by atoms with E-state index in [4.69, 9.17) is 10.1 Å². The third-order valence-corrected chi connectivity index (χ3v) is 6.03. The molecular formula is C26H29N5. The van der Waals surface area contributed by atoms with Crippen LogP contribution in [0.5, 0.6) is 0 Å². The predicted molar refractivity (Wildman–Crippen MR) is 128 cm³/mol. The molecule has 31 heavy (non-hydrogen) atoms. The third kappa shape index (κ3) is 3.76. The van der Waals surface area contributed by atoms with Crippen molar-refractivity contribution >= 4 is 17.2 Å². The molecular weight excluding hydrogens is 382 g/mol. The summed E-state index contributed by atoms with van der Waals surface area (Å²) in [5, 5.41) is 4.77. The highest BCUT2D eigenvalue weighted by Crippen LogP contribution is 2.31. The summed E-state index contributed by atoms with van der Waals surface area (Å²) in [5.74, 6) is 1.13. The summed E-state index contributed by atoms with van der Waals surface area (Å²) in [4.78, 5) is 9.97. The van der Waals surface area contributed by atoms with E-state index < -0.39 is 0 Å². The minimum Gasteiger partial charge on any atom is -0.368 e. The van der Waals surface area contributed by atoms with Crippen molar-refractivity contribution in [3.8, 4) is 11.1 Å². The van der Waals surface area contributed by atoms with E-state index >= 15 is 0 Å². The number of hydrogen-bond donors (Lipinski definition) is 0. The fraction of sp³-hybridized carbons (Fsp3) is 0.308. The Kier molecular flexibility index (Phi) is 4.89. The Hall–Kier alpha value is -3.34. The average molecular weight is 412 g/mol. The predicted octanol–water partition coefficient (Wildman–Crippen LogP) is 5.02. The molecule has 5 heteroatoms. The minimum absolute atomic E-state index is 0.0411. The quantitative estimate of drug-likeness (QED) is 0.474. The molecule has 0 spiro atoms. The van der Waals surface area contributed by atoms with E-state index in [1.165, 1.54) is 5.69 Å². The lowest BCUT2D eigenvalue weighted by Gasteiger charge is -2.37. The van der Waals surface area contributed by atoms with E-state index in [0.717, 1.165) is 54.5 Å². The van der Waals surface area contributed by atoms with Crippen molar-refractivity contribution in [3.05, 3.63) is 78.6 Å². The molecule has 2 aromatic carbocycles. The number of para-hydroxylation sites is 1. The fourth-order valence-electron chi connectivity index (χ4n) is 4.21. The minimum atomic E-state index is -0.0411. The summed E-state index contributed by atoms with van der Waals surface area (Å²) in [6.45, 7) is 10.6. The highest BCUT2D eigenvalue weighted by molar-refractivity contribution is 5.78. The van der Waals surface area contributed by atoms with Crippen LogP contribution in [0.25, 0.3) is 16.8 Å². The van der Waals surface area contributed by atoms with Gasteiger partial charge in [0.1, 0.15) is 5.82 Å². The molecule has 0 bridgehead atoms. The standard InChI is InChI=1S/C26H29N5/c1-26(2,3)23-18-24(30-16-14-29(15-17-30)21-12-8-5-9-13-21)31-25(28-23)22(19-27-31)20-10-6-4-7-11-20/h4-13,18-19H,14-17H2,1-3H3. The molecule has 2 aromatic heterocycles. The van der Waals surface area contributed by atoms with Crippen LogP contribution < -0.4 is 9.80 Å². The summed E-state index contributed by atoms with van der Waals surface area (Å²) in [6, 6.07) is 23.3. The number of hydrogen-bond acceptors (Lipinski definition) is 4. The van der Waals surface area contributed by atoms with Gasteiger partial charge in [0, 0.05) is 48.9 Å². The van der Waals surface area contributed by atoms with E-state index in [9.17, 15) is 0 Å². The van der Waals surface area contributed by atoms with Gasteiger partial charge in [-0.3, -0.25) is 0 Å². The molecule has 158 valence electrons. The maximum absolute atomic E-state index is 5.06. The van der Waals surface area contributed by atoms with E-state index in [2.05, 4.69) is 91.2 Å². The maximum Gasteiger partial charge on any atom is 0.165 e. The van der Waals surface area contributed by atoms with Gasteiger partial charge in [0.15, 0.2) is 5.65 Å². The molecule has 4 aromatic rings. The number of rotatable bonds is 3. The first-order chi connectivity index (χ1) is 15.0. The number of aromatic nitrogens is 3. The second-order valence-corrected chi connectivity index (χ2v) is 9.22. The molecule has 0 saturated carbocycles. The summed E-state index contributed by atoms with van der Waals surface area (Å²) in [5.41, 5.74) is 5.51. The molecule has 1 fully saturated rings. The molecule has 0 radical (unpaired) electrons. The molecule has 1 aliphatic rings. The van der Waals surface area contributed by atoms with Crippen LogP contribution in [0.2, 0.25) is 0 Å². The van der Waals surface area contributed by atoms with Crippen molar-refractivity contribution in [3.63, 3.8) is 0 Å². The van der Waals surface area contributed by atoms with E-state index in [1.54, 1.807) is 0 Å². The second kappa shape index (κ2) is 7.73. The van der Waals surface area contributed by atoms with Gasteiger partial charge in [-0.1, -0.05) is 69.3 Å². The monoisotopic (exact) mass is 411 g/mol. The highest BCUT2D eigenvalue weighted by atomic mass is 15.4. The summed E-state index contributed by atoms with van der Waals surface area (Å²) >= 11 is 0. The molecule has 5 rings (SSSR count). The number of benzene rings is 2. The Morgan fingerprint density at radius 1 is 0.774 bits per heavy atom.